The zero-order valence-corrected chi connectivity index (χ0v) is 20.1. The van der Waals surface area contributed by atoms with Gasteiger partial charge < -0.3 is 19.9 Å². The van der Waals surface area contributed by atoms with Crippen LogP contribution in [0.1, 0.15) is 34.8 Å². The van der Waals surface area contributed by atoms with Crippen LogP contribution in [0.15, 0.2) is 82.3 Å². The molecule has 6 nitrogen and oxygen atoms in total. The Balaban J connectivity index is 1.55. The molecule has 0 spiro atoms. The zero-order valence-electron chi connectivity index (χ0n) is 18.5. The Bertz CT molecular complexity index is 1230. The molecule has 3 aromatic rings. The summed E-state index contributed by atoms with van der Waals surface area (Å²) in [6, 6.07) is 23.3. The number of amides is 1. The number of carbonyl (C=O) groups excluding carboxylic acids is 1. The summed E-state index contributed by atoms with van der Waals surface area (Å²) in [7, 11) is 0. The largest absolute Gasteiger partial charge is 0.494 e. The predicted octanol–water partition coefficient (Wildman–Crippen LogP) is 4.34. The van der Waals surface area contributed by atoms with Crippen LogP contribution in [-0.4, -0.2) is 35.7 Å². The molecule has 3 aromatic carbocycles. The number of aliphatic hydroxyl groups is 1. The van der Waals surface area contributed by atoms with E-state index in [-0.39, 0.29) is 12.5 Å². The fraction of sp³-hybridized carbons (Fsp3) is 0.259. The standard InChI is InChI=1S/C27H25BrN2O4/c28-23-9-4-2-6-19(23)16-27-24(22-8-3-1-7-20(22)17-29-26(27)32)34-25(30-27)18-10-12-21(13-11-18)33-15-5-14-31/h1-4,6-13,24,31H,5,14-17H2,(H,29,32)/t24-,27-/m1/s1. The quantitative estimate of drug-likeness (QED) is 0.454. The van der Waals surface area contributed by atoms with Crippen LogP contribution in [0, 0.1) is 0 Å². The molecule has 34 heavy (non-hydrogen) atoms. The van der Waals surface area contributed by atoms with Gasteiger partial charge in [-0.2, -0.15) is 0 Å². The number of fused-ring (bicyclic) bond motifs is 3. The minimum atomic E-state index is -1.14. The Labute approximate surface area is 206 Å². The molecule has 0 saturated heterocycles. The lowest BCUT2D eigenvalue weighted by molar-refractivity contribution is -0.128. The molecule has 0 aliphatic carbocycles. The second-order valence-electron chi connectivity index (χ2n) is 8.44. The Morgan fingerprint density at radius 1 is 1.09 bits per heavy atom. The topological polar surface area (TPSA) is 80.2 Å². The number of nitrogens with one attached hydrogen (secondary N) is 1. The first-order chi connectivity index (χ1) is 16.6. The summed E-state index contributed by atoms with van der Waals surface area (Å²) in [6.45, 7) is 0.978. The average Bonchev–Trinajstić information content (AvgIpc) is 3.20. The second kappa shape index (κ2) is 9.60. The van der Waals surface area contributed by atoms with Gasteiger partial charge in [0.25, 0.3) is 5.91 Å². The predicted molar refractivity (Wildman–Crippen MR) is 133 cm³/mol. The van der Waals surface area contributed by atoms with Crippen molar-refractivity contribution in [3.05, 3.63) is 99.5 Å². The summed E-state index contributed by atoms with van der Waals surface area (Å²) in [5.41, 5.74) is 2.62. The second-order valence-corrected chi connectivity index (χ2v) is 9.29. The molecule has 2 heterocycles. The van der Waals surface area contributed by atoms with Crippen molar-refractivity contribution in [3.8, 4) is 5.75 Å². The van der Waals surface area contributed by atoms with Crippen molar-refractivity contribution in [2.75, 3.05) is 13.2 Å². The number of halogens is 1. The van der Waals surface area contributed by atoms with Crippen molar-refractivity contribution in [2.45, 2.75) is 31.0 Å². The Hall–Kier alpha value is -3.16. The Morgan fingerprint density at radius 2 is 1.85 bits per heavy atom. The van der Waals surface area contributed by atoms with Gasteiger partial charge in [-0.25, -0.2) is 4.99 Å². The molecule has 0 unspecified atom stereocenters. The molecule has 2 aliphatic heterocycles. The number of aliphatic hydroxyl groups excluding tert-OH is 1. The van der Waals surface area contributed by atoms with E-state index in [1.54, 1.807) is 0 Å². The van der Waals surface area contributed by atoms with E-state index in [9.17, 15) is 4.79 Å². The minimum absolute atomic E-state index is 0.0905. The zero-order chi connectivity index (χ0) is 23.5. The third-order valence-corrected chi connectivity index (χ3v) is 7.00. The van der Waals surface area contributed by atoms with E-state index in [0.717, 1.165) is 26.7 Å². The van der Waals surface area contributed by atoms with Gasteiger partial charge in [0.05, 0.1) is 6.61 Å². The Morgan fingerprint density at radius 3 is 2.65 bits per heavy atom. The fourth-order valence-corrected chi connectivity index (χ4v) is 4.90. The van der Waals surface area contributed by atoms with Crippen molar-refractivity contribution in [1.82, 2.24) is 5.32 Å². The molecule has 0 saturated carbocycles. The first-order valence-electron chi connectivity index (χ1n) is 11.3. The van der Waals surface area contributed by atoms with Gasteiger partial charge in [-0.05, 0) is 41.5 Å². The summed E-state index contributed by atoms with van der Waals surface area (Å²) in [5.74, 6) is 0.991. The molecular weight excluding hydrogens is 496 g/mol. The summed E-state index contributed by atoms with van der Waals surface area (Å²) in [5, 5.41) is 12.0. The summed E-state index contributed by atoms with van der Waals surface area (Å²) in [6.07, 6.45) is 0.421. The first-order valence-corrected chi connectivity index (χ1v) is 12.1. The van der Waals surface area contributed by atoms with Gasteiger partial charge in [0.15, 0.2) is 11.6 Å². The highest BCUT2D eigenvalue weighted by atomic mass is 79.9. The smallest absolute Gasteiger partial charge is 0.252 e. The van der Waals surface area contributed by atoms with E-state index in [0.29, 0.717) is 37.6 Å². The van der Waals surface area contributed by atoms with Crippen molar-refractivity contribution < 1.29 is 19.4 Å². The van der Waals surface area contributed by atoms with E-state index in [2.05, 4.69) is 21.2 Å². The highest BCUT2D eigenvalue weighted by molar-refractivity contribution is 9.10. The lowest BCUT2D eigenvalue weighted by Gasteiger charge is -2.29. The van der Waals surface area contributed by atoms with Gasteiger partial charge >= 0.3 is 0 Å². The van der Waals surface area contributed by atoms with E-state index in [1.807, 2.05) is 72.8 Å². The maximum Gasteiger partial charge on any atom is 0.252 e. The first kappa shape index (κ1) is 22.6. The number of nitrogens with zero attached hydrogens (tertiary/aromatic N) is 1. The monoisotopic (exact) mass is 520 g/mol. The average molecular weight is 521 g/mol. The number of carbonyl (C=O) groups is 1. The Kier molecular flexibility index (Phi) is 6.39. The van der Waals surface area contributed by atoms with Crippen molar-refractivity contribution in [1.29, 1.82) is 0 Å². The molecule has 174 valence electrons. The third kappa shape index (κ3) is 4.21. The van der Waals surface area contributed by atoms with Crippen molar-refractivity contribution in [3.63, 3.8) is 0 Å². The van der Waals surface area contributed by atoms with E-state index in [1.165, 1.54) is 0 Å². The summed E-state index contributed by atoms with van der Waals surface area (Å²) >= 11 is 3.63. The van der Waals surface area contributed by atoms with Gasteiger partial charge in [-0.1, -0.05) is 58.4 Å². The van der Waals surface area contributed by atoms with E-state index < -0.39 is 11.6 Å². The maximum absolute atomic E-state index is 13.6. The van der Waals surface area contributed by atoms with Gasteiger partial charge in [-0.15, -0.1) is 0 Å². The minimum Gasteiger partial charge on any atom is -0.494 e. The van der Waals surface area contributed by atoms with Gasteiger partial charge in [0.2, 0.25) is 5.90 Å². The molecule has 5 rings (SSSR count). The third-order valence-electron chi connectivity index (χ3n) is 6.22. The lowest BCUT2D eigenvalue weighted by Crippen LogP contribution is -2.48. The number of ether oxygens (including phenoxy) is 2. The van der Waals surface area contributed by atoms with Gasteiger partial charge in [0.1, 0.15) is 5.75 Å². The number of rotatable bonds is 7. The molecule has 0 bridgehead atoms. The number of benzene rings is 3. The van der Waals surface area contributed by atoms with Crippen molar-refractivity contribution >= 4 is 27.7 Å². The van der Waals surface area contributed by atoms with Crippen LogP contribution in [0.3, 0.4) is 0 Å². The van der Waals surface area contributed by atoms with Crippen molar-refractivity contribution in [2.24, 2.45) is 4.99 Å². The lowest BCUT2D eigenvalue weighted by atomic mass is 9.82. The van der Waals surface area contributed by atoms with Crippen LogP contribution < -0.4 is 10.1 Å². The molecule has 1 amide bonds. The molecule has 0 aromatic heterocycles. The van der Waals surface area contributed by atoms with Gasteiger partial charge in [-0.3, -0.25) is 4.79 Å². The number of hydrogen-bond donors (Lipinski definition) is 2. The molecule has 7 heteroatoms. The van der Waals surface area contributed by atoms with Crippen LogP contribution in [0.4, 0.5) is 0 Å². The fourth-order valence-electron chi connectivity index (χ4n) is 4.47. The SMILES string of the molecule is O=C1NCc2ccccc2[C@H]2OC(c3ccc(OCCCO)cc3)=N[C@@]12Cc1ccccc1Br. The summed E-state index contributed by atoms with van der Waals surface area (Å²) in [4.78, 5) is 18.6. The molecule has 2 N–H and O–H groups in total. The molecular formula is C27H25BrN2O4. The van der Waals surface area contributed by atoms with Crippen LogP contribution in [0.5, 0.6) is 5.75 Å². The highest BCUT2D eigenvalue weighted by Gasteiger charge is 2.55. The van der Waals surface area contributed by atoms with Gasteiger partial charge in [0, 0.05) is 41.6 Å². The molecule has 0 radical (unpaired) electrons. The maximum atomic E-state index is 13.6. The normalized spacial score (nSPS) is 20.9. The molecule has 2 atom stereocenters. The molecule has 2 aliphatic rings. The summed E-state index contributed by atoms with van der Waals surface area (Å²) < 4.78 is 13.1. The highest BCUT2D eigenvalue weighted by Crippen LogP contribution is 2.45. The van der Waals surface area contributed by atoms with Crippen LogP contribution >= 0.6 is 15.9 Å². The van der Waals surface area contributed by atoms with Crippen LogP contribution in [-0.2, 0) is 22.5 Å². The molecule has 0 fully saturated rings. The van der Waals surface area contributed by atoms with Crippen LogP contribution in [0.25, 0.3) is 0 Å². The number of hydrogen-bond acceptors (Lipinski definition) is 5. The van der Waals surface area contributed by atoms with Crippen LogP contribution in [0.2, 0.25) is 0 Å². The van der Waals surface area contributed by atoms with E-state index in [4.69, 9.17) is 19.6 Å². The number of aliphatic imine (C=N–C) groups is 1. The van der Waals surface area contributed by atoms with E-state index >= 15 is 0 Å².